The molecule has 4 atom stereocenters. The minimum Gasteiger partial charge on any atom is -0.497 e. The fraction of sp³-hybridized carbons (Fsp3) is 0.375. The third kappa shape index (κ3) is 3.17. The second kappa shape index (κ2) is 8.21. The molecule has 5 rings (SSSR count). The van der Waals surface area contributed by atoms with E-state index in [4.69, 9.17) is 9.47 Å². The second-order valence-corrected chi connectivity index (χ2v) is 8.66. The van der Waals surface area contributed by atoms with E-state index in [-0.39, 0.29) is 28.9 Å². The Morgan fingerprint density at radius 2 is 1.74 bits per heavy atom. The van der Waals surface area contributed by atoms with Crippen molar-refractivity contribution in [1.82, 2.24) is 4.90 Å². The summed E-state index contributed by atoms with van der Waals surface area (Å²) in [7, 11) is 2.90. The maximum absolute atomic E-state index is 13.7. The molecule has 0 unspecified atom stereocenters. The molecule has 3 aliphatic heterocycles. The number of carbonyl (C=O) groups is 3. The van der Waals surface area contributed by atoms with Crippen LogP contribution in [0.1, 0.15) is 23.2 Å². The van der Waals surface area contributed by atoms with E-state index in [1.807, 2.05) is 4.90 Å². The summed E-state index contributed by atoms with van der Waals surface area (Å²) >= 11 is 0. The van der Waals surface area contributed by atoms with E-state index in [1.165, 1.54) is 32.4 Å². The molecule has 3 heterocycles. The number of benzene rings is 2. The van der Waals surface area contributed by atoms with E-state index in [2.05, 4.69) is 0 Å². The smallest absolute Gasteiger partial charge is 0.271 e. The van der Waals surface area contributed by atoms with Gasteiger partial charge >= 0.3 is 0 Å². The van der Waals surface area contributed by atoms with Crippen LogP contribution in [-0.4, -0.2) is 60.3 Å². The highest BCUT2D eigenvalue weighted by Crippen LogP contribution is 2.50. The SMILES string of the molecule is COc1ccc(C(=O)[C@@H]2[C@@H]3C(=O)N(c4cc([N+](=O)[O-])ccc4OC)C(=O)[C@H]3[C@H]3CCCN32)cc1. The number of nitro groups is 1. The quantitative estimate of drug-likeness (QED) is 0.276. The highest BCUT2D eigenvalue weighted by Gasteiger charge is 2.65. The number of carbonyl (C=O) groups excluding carboxylic acids is 3. The number of imide groups is 1. The maximum Gasteiger partial charge on any atom is 0.271 e. The molecule has 0 spiro atoms. The summed E-state index contributed by atoms with van der Waals surface area (Å²) in [6.07, 6.45) is 1.52. The third-order valence-corrected chi connectivity index (χ3v) is 7.11. The summed E-state index contributed by atoms with van der Waals surface area (Å²) in [5.74, 6) is -1.98. The molecule has 176 valence electrons. The van der Waals surface area contributed by atoms with Crippen LogP contribution in [0.2, 0.25) is 0 Å². The van der Waals surface area contributed by atoms with E-state index in [1.54, 1.807) is 24.3 Å². The lowest BCUT2D eigenvalue weighted by atomic mass is 9.85. The van der Waals surface area contributed by atoms with Gasteiger partial charge in [-0.05, 0) is 49.7 Å². The normalized spacial score (nSPS) is 25.9. The Balaban J connectivity index is 1.56. The van der Waals surface area contributed by atoms with Crippen LogP contribution in [0.5, 0.6) is 11.5 Å². The van der Waals surface area contributed by atoms with Gasteiger partial charge in [0.05, 0.1) is 37.0 Å². The molecule has 2 aromatic carbocycles. The van der Waals surface area contributed by atoms with Gasteiger partial charge in [-0.2, -0.15) is 0 Å². The summed E-state index contributed by atoms with van der Waals surface area (Å²) in [4.78, 5) is 54.6. The first-order valence-electron chi connectivity index (χ1n) is 11.0. The zero-order chi connectivity index (χ0) is 24.1. The predicted octanol–water partition coefficient (Wildman–Crippen LogP) is 2.45. The molecule has 2 amide bonds. The number of nitro benzene ring substituents is 1. The van der Waals surface area contributed by atoms with Gasteiger partial charge in [0, 0.05) is 23.7 Å². The number of anilines is 1. The second-order valence-electron chi connectivity index (χ2n) is 8.66. The van der Waals surface area contributed by atoms with Gasteiger partial charge in [-0.25, -0.2) is 4.90 Å². The summed E-state index contributed by atoms with van der Waals surface area (Å²) in [5.41, 5.74) is 0.201. The number of nitrogens with zero attached hydrogens (tertiary/aromatic N) is 3. The molecule has 3 saturated heterocycles. The van der Waals surface area contributed by atoms with Gasteiger partial charge in [-0.1, -0.05) is 0 Å². The molecule has 2 aromatic rings. The highest BCUT2D eigenvalue weighted by atomic mass is 16.6. The van der Waals surface area contributed by atoms with Crippen LogP contribution in [0, 0.1) is 22.0 Å². The number of hydrogen-bond acceptors (Lipinski definition) is 8. The van der Waals surface area contributed by atoms with Crippen molar-refractivity contribution in [2.45, 2.75) is 24.9 Å². The molecule has 10 nitrogen and oxygen atoms in total. The Morgan fingerprint density at radius 3 is 2.38 bits per heavy atom. The lowest BCUT2D eigenvalue weighted by Crippen LogP contribution is -2.46. The van der Waals surface area contributed by atoms with Crippen molar-refractivity contribution in [3.05, 3.63) is 58.1 Å². The van der Waals surface area contributed by atoms with Crippen LogP contribution in [0.25, 0.3) is 0 Å². The summed E-state index contributed by atoms with van der Waals surface area (Å²) in [6, 6.07) is 9.45. The van der Waals surface area contributed by atoms with Gasteiger partial charge in [0.15, 0.2) is 5.78 Å². The van der Waals surface area contributed by atoms with Gasteiger partial charge < -0.3 is 9.47 Å². The average Bonchev–Trinajstić information content (AvgIpc) is 3.50. The summed E-state index contributed by atoms with van der Waals surface area (Å²) in [6.45, 7) is 0.630. The largest absolute Gasteiger partial charge is 0.497 e. The van der Waals surface area contributed by atoms with Gasteiger partial charge in [0.2, 0.25) is 11.8 Å². The molecule has 34 heavy (non-hydrogen) atoms. The van der Waals surface area contributed by atoms with Crippen molar-refractivity contribution in [2.75, 3.05) is 25.7 Å². The van der Waals surface area contributed by atoms with E-state index >= 15 is 0 Å². The molecule has 3 fully saturated rings. The number of non-ortho nitro benzene ring substituents is 1. The van der Waals surface area contributed by atoms with E-state index in [0.717, 1.165) is 11.3 Å². The summed E-state index contributed by atoms with van der Waals surface area (Å²) in [5, 5.41) is 11.3. The molecule has 3 aliphatic rings. The Hall–Kier alpha value is -3.79. The van der Waals surface area contributed by atoms with Crippen LogP contribution in [0.15, 0.2) is 42.5 Å². The van der Waals surface area contributed by atoms with E-state index in [9.17, 15) is 24.5 Å². The lowest BCUT2D eigenvalue weighted by molar-refractivity contribution is -0.384. The van der Waals surface area contributed by atoms with Crippen molar-refractivity contribution >= 4 is 29.0 Å². The Morgan fingerprint density at radius 1 is 1.03 bits per heavy atom. The van der Waals surface area contributed by atoms with Crippen LogP contribution >= 0.6 is 0 Å². The summed E-state index contributed by atoms with van der Waals surface area (Å²) < 4.78 is 10.5. The Bertz CT molecular complexity index is 1200. The number of fused-ring (bicyclic) bond motifs is 3. The molecule has 0 aliphatic carbocycles. The minimum atomic E-state index is -0.864. The standard InChI is InChI=1S/C24H23N3O7/c1-33-15-8-5-13(6-9-15)22(28)21-20-19(16-4-3-11-25(16)21)23(29)26(24(20)30)17-12-14(27(31)32)7-10-18(17)34-2/h5-10,12,16,19-21H,3-4,11H2,1-2H3/t16-,19+,20-,21+/m1/s1. The average molecular weight is 465 g/mol. The highest BCUT2D eigenvalue weighted by molar-refractivity contribution is 6.25. The van der Waals surface area contributed by atoms with E-state index in [0.29, 0.717) is 24.3 Å². The molecular weight excluding hydrogens is 442 g/mol. The number of rotatable bonds is 6. The van der Waals surface area contributed by atoms with Crippen molar-refractivity contribution in [2.24, 2.45) is 11.8 Å². The van der Waals surface area contributed by atoms with Crippen molar-refractivity contribution in [3.8, 4) is 11.5 Å². The van der Waals surface area contributed by atoms with E-state index < -0.39 is 34.6 Å². The van der Waals surface area contributed by atoms with Gasteiger partial charge in [0.25, 0.3) is 5.69 Å². The molecule has 0 bridgehead atoms. The van der Waals surface area contributed by atoms with Gasteiger partial charge in [-0.15, -0.1) is 0 Å². The van der Waals surface area contributed by atoms with Crippen molar-refractivity contribution in [3.63, 3.8) is 0 Å². The van der Waals surface area contributed by atoms with Crippen LogP contribution in [0.4, 0.5) is 11.4 Å². The number of Topliss-reactive ketones (excluding diaryl/α,β-unsaturated/α-hetero) is 1. The Labute approximate surface area is 195 Å². The minimum absolute atomic E-state index is 0.0290. The maximum atomic E-state index is 13.7. The number of amides is 2. The predicted molar refractivity (Wildman–Crippen MR) is 120 cm³/mol. The number of hydrogen-bond donors (Lipinski definition) is 0. The van der Waals surface area contributed by atoms with Crippen molar-refractivity contribution in [1.29, 1.82) is 0 Å². The van der Waals surface area contributed by atoms with Crippen LogP contribution < -0.4 is 14.4 Å². The van der Waals surface area contributed by atoms with Crippen LogP contribution in [0.3, 0.4) is 0 Å². The molecular formula is C24H23N3O7. The first-order valence-corrected chi connectivity index (χ1v) is 11.0. The fourth-order valence-electron chi connectivity index (χ4n) is 5.65. The van der Waals surface area contributed by atoms with Gasteiger partial charge in [0.1, 0.15) is 17.2 Å². The monoisotopic (exact) mass is 465 g/mol. The number of ether oxygens (including phenoxy) is 2. The first kappa shape index (κ1) is 22.0. The number of ketones is 1. The van der Waals surface area contributed by atoms with Crippen molar-refractivity contribution < 1.29 is 28.8 Å². The lowest BCUT2D eigenvalue weighted by Gasteiger charge is -2.28. The molecule has 0 radical (unpaired) electrons. The zero-order valence-corrected chi connectivity index (χ0v) is 18.7. The number of methoxy groups -OCH3 is 2. The molecule has 0 N–H and O–H groups in total. The third-order valence-electron chi connectivity index (χ3n) is 7.11. The van der Waals surface area contributed by atoms with Gasteiger partial charge in [-0.3, -0.25) is 29.4 Å². The molecule has 0 aromatic heterocycles. The molecule has 10 heteroatoms. The Kier molecular flexibility index (Phi) is 5.32. The topological polar surface area (TPSA) is 119 Å². The fourth-order valence-corrected chi connectivity index (χ4v) is 5.65. The first-order chi connectivity index (χ1) is 16.4. The van der Waals surface area contributed by atoms with Crippen LogP contribution in [-0.2, 0) is 9.59 Å². The zero-order valence-electron chi connectivity index (χ0n) is 18.7. The molecule has 0 saturated carbocycles.